The van der Waals surface area contributed by atoms with Crippen molar-refractivity contribution in [2.24, 2.45) is 0 Å². The highest BCUT2D eigenvalue weighted by Gasteiger charge is 2.49. The van der Waals surface area contributed by atoms with E-state index >= 15 is 0 Å². The molecule has 28 heavy (non-hydrogen) atoms. The monoisotopic (exact) mass is 409 g/mol. The molecular formula is C19H24ClN3O5. The summed E-state index contributed by atoms with van der Waals surface area (Å²) in [5.41, 5.74) is -0.442. The summed E-state index contributed by atoms with van der Waals surface area (Å²) in [5, 5.41) is 5.72. The lowest BCUT2D eigenvalue weighted by Gasteiger charge is -2.23. The number of nitrogens with one attached hydrogen (secondary N) is 2. The van der Waals surface area contributed by atoms with Crippen LogP contribution < -0.4 is 10.6 Å². The van der Waals surface area contributed by atoms with Gasteiger partial charge in [0, 0.05) is 5.02 Å². The fourth-order valence-electron chi connectivity index (χ4n) is 3.18. The molecule has 1 saturated heterocycles. The molecule has 9 heteroatoms. The number of amides is 4. The summed E-state index contributed by atoms with van der Waals surface area (Å²) in [4.78, 5) is 50.1. The first-order valence-corrected chi connectivity index (χ1v) is 9.40. The highest BCUT2D eigenvalue weighted by atomic mass is 35.5. The van der Waals surface area contributed by atoms with E-state index in [0.717, 1.165) is 4.90 Å². The molecule has 0 spiro atoms. The molecule has 0 radical (unpaired) electrons. The Hall–Kier alpha value is -2.61. The van der Waals surface area contributed by atoms with Gasteiger partial charge in [-0.25, -0.2) is 4.79 Å². The first-order chi connectivity index (χ1) is 13.3. The van der Waals surface area contributed by atoms with Crippen LogP contribution in [0.25, 0.3) is 0 Å². The van der Waals surface area contributed by atoms with E-state index in [9.17, 15) is 19.2 Å². The van der Waals surface area contributed by atoms with Crippen LogP contribution in [0.15, 0.2) is 24.3 Å². The van der Waals surface area contributed by atoms with E-state index in [1.807, 2.05) is 0 Å². The van der Waals surface area contributed by atoms with Crippen molar-refractivity contribution in [3.63, 3.8) is 0 Å². The fourth-order valence-corrected chi connectivity index (χ4v) is 3.45. The molecule has 1 aromatic carbocycles. The Morgan fingerprint density at radius 1 is 1.25 bits per heavy atom. The summed E-state index contributed by atoms with van der Waals surface area (Å²) in [6.07, 6.45) is 0.716. The second kappa shape index (κ2) is 9.05. The SMILES string of the molecule is CCC1(CC)NC(=O)N(CC(=O)NC(CC(=O)OC)c2ccccc2Cl)C1=O. The number of carbonyl (C=O) groups is 4. The van der Waals surface area contributed by atoms with Gasteiger partial charge in [-0.3, -0.25) is 19.3 Å². The van der Waals surface area contributed by atoms with Crippen LogP contribution in [0.3, 0.4) is 0 Å². The van der Waals surface area contributed by atoms with Gasteiger partial charge < -0.3 is 15.4 Å². The van der Waals surface area contributed by atoms with Crippen LogP contribution in [0, 0.1) is 0 Å². The third-order valence-electron chi connectivity index (χ3n) is 4.97. The van der Waals surface area contributed by atoms with Gasteiger partial charge in [-0.05, 0) is 24.5 Å². The molecule has 8 nitrogen and oxygen atoms in total. The summed E-state index contributed by atoms with van der Waals surface area (Å²) in [6, 6.07) is 5.42. The predicted octanol–water partition coefficient (Wildman–Crippen LogP) is 2.17. The van der Waals surface area contributed by atoms with Crippen molar-refractivity contribution < 1.29 is 23.9 Å². The van der Waals surface area contributed by atoms with Crippen molar-refractivity contribution in [3.05, 3.63) is 34.9 Å². The fraction of sp³-hybridized carbons (Fsp3) is 0.474. The standard InChI is InChI=1S/C19H24ClN3O5/c1-4-19(5-2)17(26)23(18(27)22-19)11-15(24)21-14(10-16(25)28-3)12-8-6-7-9-13(12)20/h6-9,14H,4-5,10-11H2,1-3H3,(H,21,24)(H,22,27). The first kappa shape index (κ1) is 21.7. The Morgan fingerprint density at radius 3 is 2.43 bits per heavy atom. The van der Waals surface area contributed by atoms with Gasteiger partial charge in [0.05, 0.1) is 19.6 Å². The van der Waals surface area contributed by atoms with Gasteiger partial charge >= 0.3 is 12.0 Å². The molecule has 0 aliphatic carbocycles. The predicted molar refractivity (Wildman–Crippen MR) is 103 cm³/mol. The first-order valence-electron chi connectivity index (χ1n) is 9.02. The quantitative estimate of drug-likeness (QED) is 0.505. The number of urea groups is 1. The summed E-state index contributed by atoms with van der Waals surface area (Å²) >= 11 is 6.19. The van der Waals surface area contributed by atoms with Crippen LogP contribution in [-0.4, -0.2) is 47.9 Å². The summed E-state index contributed by atoms with van der Waals surface area (Å²) in [5.74, 6) is -1.54. The summed E-state index contributed by atoms with van der Waals surface area (Å²) in [7, 11) is 1.25. The third-order valence-corrected chi connectivity index (χ3v) is 5.31. The number of esters is 1. The molecular weight excluding hydrogens is 386 g/mol. The van der Waals surface area contributed by atoms with Gasteiger partial charge in [-0.1, -0.05) is 43.6 Å². The average molecular weight is 410 g/mol. The van der Waals surface area contributed by atoms with Gasteiger partial charge in [0.1, 0.15) is 12.1 Å². The third kappa shape index (κ3) is 4.44. The zero-order valence-electron chi connectivity index (χ0n) is 16.1. The minimum atomic E-state index is -0.981. The van der Waals surface area contributed by atoms with Crippen molar-refractivity contribution in [2.75, 3.05) is 13.7 Å². The van der Waals surface area contributed by atoms with Crippen molar-refractivity contribution in [1.29, 1.82) is 0 Å². The molecule has 1 unspecified atom stereocenters. The highest BCUT2D eigenvalue weighted by Crippen LogP contribution is 2.27. The average Bonchev–Trinajstić information content (AvgIpc) is 2.92. The maximum atomic E-state index is 12.6. The van der Waals surface area contributed by atoms with Crippen LogP contribution >= 0.6 is 11.6 Å². The van der Waals surface area contributed by atoms with Gasteiger partial charge in [0.2, 0.25) is 5.91 Å². The number of hydrogen-bond donors (Lipinski definition) is 2. The molecule has 2 rings (SSSR count). The van der Waals surface area contributed by atoms with Crippen molar-refractivity contribution in [2.45, 2.75) is 44.7 Å². The van der Waals surface area contributed by atoms with E-state index in [4.69, 9.17) is 11.6 Å². The van der Waals surface area contributed by atoms with Gasteiger partial charge in [0.25, 0.3) is 5.91 Å². The van der Waals surface area contributed by atoms with Crippen molar-refractivity contribution in [3.8, 4) is 0 Å². The van der Waals surface area contributed by atoms with Crippen LogP contribution in [0.2, 0.25) is 5.02 Å². The Bertz CT molecular complexity index is 779. The summed E-state index contributed by atoms with van der Waals surface area (Å²) < 4.78 is 4.69. The lowest BCUT2D eigenvalue weighted by atomic mass is 9.93. The van der Waals surface area contributed by atoms with Gasteiger partial charge in [-0.15, -0.1) is 0 Å². The topological polar surface area (TPSA) is 105 Å². The number of benzene rings is 1. The number of imide groups is 1. The Morgan fingerprint density at radius 2 is 1.89 bits per heavy atom. The Labute approximate surface area is 168 Å². The minimum absolute atomic E-state index is 0.139. The largest absolute Gasteiger partial charge is 0.469 e. The minimum Gasteiger partial charge on any atom is -0.469 e. The second-order valence-electron chi connectivity index (χ2n) is 6.53. The van der Waals surface area contributed by atoms with Crippen LogP contribution in [0.5, 0.6) is 0 Å². The molecule has 0 bridgehead atoms. The van der Waals surface area contributed by atoms with E-state index in [-0.39, 0.29) is 6.42 Å². The van der Waals surface area contributed by atoms with Gasteiger partial charge in [-0.2, -0.15) is 0 Å². The van der Waals surface area contributed by atoms with E-state index in [0.29, 0.717) is 23.4 Å². The molecule has 1 aliphatic rings. The molecule has 0 aromatic heterocycles. The maximum absolute atomic E-state index is 12.6. The molecule has 2 N–H and O–H groups in total. The van der Waals surface area contributed by atoms with Crippen LogP contribution in [-0.2, 0) is 19.1 Å². The van der Waals surface area contributed by atoms with E-state index in [1.165, 1.54) is 7.11 Å². The lowest BCUT2D eigenvalue weighted by molar-refractivity contribution is -0.141. The van der Waals surface area contributed by atoms with Gasteiger partial charge in [0.15, 0.2) is 0 Å². The smallest absolute Gasteiger partial charge is 0.325 e. The van der Waals surface area contributed by atoms with E-state index in [1.54, 1.807) is 38.1 Å². The molecule has 1 heterocycles. The Balaban J connectivity index is 2.16. The molecule has 1 aromatic rings. The number of nitrogens with zero attached hydrogens (tertiary/aromatic N) is 1. The number of hydrogen-bond acceptors (Lipinski definition) is 5. The van der Waals surface area contributed by atoms with Crippen molar-refractivity contribution >= 4 is 35.4 Å². The molecule has 152 valence electrons. The van der Waals surface area contributed by atoms with Crippen LogP contribution in [0.1, 0.15) is 44.7 Å². The van der Waals surface area contributed by atoms with Crippen molar-refractivity contribution in [1.82, 2.24) is 15.5 Å². The zero-order valence-corrected chi connectivity index (χ0v) is 16.8. The molecule has 4 amide bonds. The number of ether oxygens (including phenoxy) is 1. The maximum Gasteiger partial charge on any atom is 0.325 e. The molecule has 0 saturated carbocycles. The molecule has 1 fully saturated rings. The normalized spacial score (nSPS) is 16.5. The number of methoxy groups -OCH3 is 1. The molecule has 1 aliphatic heterocycles. The Kier molecular flexibility index (Phi) is 7.01. The summed E-state index contributed by atoms with van der Waals surface area (Å²) in [6.45, 7) is 3.15. The second-order valence-corrected chi connectivity index (χ2v) is 6.94. The number of halogens is 1. The van der Waals surface area contributed by atoms with E-state index in [2.05, 4.69) is 15.4 Å². The highest BCUT2D eigenvalue weighted by molar-refractivity contribution is 6.31. The number of rotatable bonds is 8. The van der Waals surface area contributed by atoms with E-state index < -0.39 is 41.9 Å². The zero-order chi connectivity index (χ0) is 20.9. The molecule has 1 atom stereocenters. The van der Waals surface area contributed by atoms with Crippen LogP contribution in [0.4, 0.5) is 4.79 Å². The lowest BCUT2D eigenvalue weighted by Crippen LogP contribution is -2.47. The number of carbonyl (C=O) groups excluding carboxylic acids is 4.